The molecular weight excluding hydrogens is 192 g/mol. The number of amides is 1. The summed E-state index contributed by atoms with van der Waals surface area (Å²) in [6.45, 7) is 4.67. The molecule has 0 radical (unpaired) electrons. The Bertz CT molecular complexity index is 245. The maximum Gasteiger partial charge on any atom is 0.407 e. The van der Waals surface area contributed by atoms with Crippen LogP contribution >= 0.6 is 0 Å². The van der Waals surface area contributed by atoms with Gasteiger partial charge in [0.15, 0.2) is 0 Å². The van der Waals surface area contributed by atoms with E-state index < -0.39 is 6.09 Å². The third-order valence-electron chi connectivity index (χ3n) is 3.79. The van der Waals surface area contributed by atoms with Crippen molar-refractivity contribution in [3.8, 4) is 0 Å². The van der Waals surface area contributed by atoms with Crippen LogP contribution in [0.1, 0.15) is 26.2 Å². The number of carboxylic acid groups (broad SMARTS) is 1. The van der Waals surface area contributed by atoms with Crippen molar-refractivity contribution >= 4 is 6.09 Å². The van der Waals surface area contributed by atoms with Gasteiger partial charge in [0.25, 0.3) is 0 Å². The molecule has 0 aromatic heterocycles. The van der Waals surface area contributed by atoms with Crippen molar-refractivity contribution in [2.24, 2.45) is 11.8 Å². The number of hydrogen-bond donors (Lipinski definition) is 2. The van der Waals surface area contributed by atoms with Crippen LogP contribution in [-0.4, -0.2) is 41.8 Å². The Morgan fingerprint density at radius 1 is 1.53 bits per heavy atom. The van der Waals surface area contributed by atoms with Gasteiger partial charge in [-0.2, -0.15) is 0 Å². The topological polar surface area (TPSA) is 52.6 Å². The highest BCUT2D eigenvalue weighted by Gasteiger charge is 2.43. The lowest BCUT2D eigenvalue weighted by Crippen LogP contribution is -2.34. The predicted molar refractivity (Wildman–Crippen MR) is 57.9 cm³/mol. The summed E-state index contributed by atoms with van der Waals surface area (Å²) in [4.78, 5) is 12.4. The first-order chi connectivity index (χ1) is 7.22. The van der Waals surface area contributed by atoms with Crippen molar-refractivity contribution < 1.29 is 9.90 Å². The Balaban J connectivity index is 1.89. The summed E-state index contributed by atoms with van der Waals surface area (Å²) in [5.41, 5.74) is 0. The van der Waals surface area contributed by atoms with Crippen LogP contribution in [0.4, 0.5) is 4.79 Å². The van der Waals surface area contributed by atoms with Gasteiger partial charge < -0.3 is 15.3 Å². The van der Waals surface area contributed by atoms with Crippen molar-refractivity contribution in [2.75, 3.05) is 19.6 Å². The van der Waals surface area contributed by atoms with E-state index in [0.29, 0.717) is 17.9 Å². The van der Waals surface area contributed by atoms with Crippen molar-refractivity contribution in [1.82, 2.24) is 10.2 Å². The van der Waals surface area contributed by atoms with E-state index in [2.05, 4.69) is 12.2 Å². The summed E-state index contributed by atoms with van der Waals surface area (Å²) in [6.07, 6.45) is 2.91. The molecule has 15 heavy (non-hydrogen) atoms. The Hall–Kier alpha value is -0.770. The van der Waals surface area contributed by atoms with Gasteiger partial charge >= 0.3 is 6.09 Å². The van der Waals surface area contributed by atoms with Gasteiger partial charge in [0.2, 0.25) is 0 Å². The number of nitrogens with zero attached hydrogens (tertiary/aromatic N) is 1. The number of carbonyl (C=O) groups is 1. The SMILES string of the molecule is CCCCC1NCC2CN(C(=O)O)CC21. The molecular formula is C11H20N2O2. The van der Waals surface area contributed by atoms with E-state index in [4.69, 9.17) is 5.11 Å². The van der Waals surface area contributed by atoms with Gasteiger partial charge in [-0.1, -0.05) is 19.8 Å². The summed E-state index contributed by atoms with van der Waals surface area (Å²) in [5, 5.41) is 12.5. The molecule has 0 bridgehead atoms. The van der Waals surface area contributed by atoms with Gasteiger partial charge in [-0.3, -0.25) is 0 Å². The van der Waals surface area contributed by atoms with E-state index in [1.54, 1.807) is 4.90 Å². The van der Waals surface area contributed by atoms with Crippen LogP contribution < -0.4 is 5.32 Å². The molecule has 3 unspecified atom stereocenters. The van der Waals surface area contributed by atoms with Gasteiger partial charge in [0.05, 0.1) is 0 Å². The molecule has 2 aliphatic rings. The molecule has 4 nitrogen and oxygen atoms in total. The second kappa shape index (κ2) is 4.39. The monoisotopic (exact) mass is 212 g/mol. The number of hydrogen-bond acceptors (Lipinski definition) is 2. The molecule has 1 amide bonds. The molecule has 2 fully saturated rings. The molecule has 4 heteroatoms. The highest BCUT2D eigenvalue weighted by Crippen LogP contribution is 2.32. The largest absolute Gasteiger partial charge is 0.465 e. The molecule has 2 N–H and O–H groups in total. The van der Waals surface area contributed by atoms with Crippen LogP contribution in [0.2, 0.25) is 0 Å². The van der Waals surface area contributed by atoms with Crippen LogP contribution in [-0.2, 0) is 0 Å². The lowest BCUT2D eigenvalue weighted by Gasteiger charge is -2.19. The molecule has 2 rings (SSSR count). The molecule has 86 valence electrons. The van der Waals surface area contributed by atoms with E-state index in [1.807, 2.05) is 0 Å². The standard InChI is InChI=1S/C11H20N2O2/c1-2-3-4-10-9-7-13(11(14)15)6-8(9)5-12-10/h8-10,12H,2-7H2,1H3,(H,14,15). The lowest BCUT2D eigenvalue weighted by atomic mass is 9.91. The molecule has 2 aliphatic heterocycles. The lowest BCUT2D eigenvalue weighted by molar-refractivity contribution is 0.151. The van der Waals surface area contributed by atoms with Crippen molar-refractivity contribution in [3.63, 3.8) is 0 Å². The smallest absolute Gasteiger partial charge is 0.407 e. The maximum atomic E-state index is 10.9. The minimum atomic E-state index is -0.751. The molecule has 0 aromatic rings. The average molecular weight is 212 g/mol. The minimum absolute atomic E-state index is 0.555. The van der Waals surface area contributed by atoms with E-state index in [-0.39, 0.29) is 0 Å². The third kappa shape index (κ3) is 2.09. The predicted octanol–water partition coefficient (Wildman–Crippen LogP) is 1.37. The summed E-state index contributed by atoms with van der Waals surface area (Å²) in [7, 11) is 0. The summed E-state index contributed by atoms with van der Waals surface area (Å²) in [5.74, 6) is 1.12. The van der Waals surface area contributed by atoms with Crippen LogP contribution in [0.25, 0.3) is 0 Å². The molecule has 0 aliphatic carbocycles. The second-order valence-electron chi connectivity index (χ2n) is 4.77. The van der Waals surface area contributed by atoms with Gasteiger partial charge in [-0.25, -0.2) is 4.79 Å². The van der Waals surface area contributed by atoms with Gasteiger partial charge in [-0.05, 0) is 18.3 Å². The first-order valence-corrected chi connectivity index (χ1v) is 5.93. The highest BCUT2D eigenvalue weighted by molar-refractivity contribution is 5.65. The van der Waals surface area contributed by atoms with E-state index in [0.717, 1.165) is 19.6 Å². The molecule has 0 aromatic carbocycles. The Labute approximate surface area is 90.6 Å². The zero-order chi connectivity index (χ0) is 10.8. The molecule has 2 heterocycles. The third-order valence-corrected chi connectivity index (χ3v) is 3.79. The Kier molecular flexibility index (Phi) is 3.14. The van der Waals surface area contributed by atoms with Gasteiger partial charge in [-0.15, -0.1) is 0 Å². The van der Waals surface area contributed by atoms with E-state index in [1.165, 1.54) is 19.3 Å². The number of unbranched alkanes of at least 4 members (excludes halogenated alkanes) is 1. The minimum Gasteiger partial charge on any atom is -0.465 e. The number of fused-ring (bicyclic) bond motifs is 1. The van der Waals surface area contributed by atoms with Crippen LogP contribution in [0.5, 0.6) is 0 Å². The zero-order valence-corrected chi connectivity index (χ0v) is 9.28. The van der Waals surface area contributed by atoms with Crippen molar-refractivity contribution in [1.29, 1.82) is 0 Å². The Morgan fingerprint density at radius 3 is 3.00 bits per heavy atom. The quantitative estimate of drug-likeness (QED) is 0.743. The fourth-order valence-corrected chi connectivity index (χ4v) is 2.92. The molecule has 2 saturated heterocycles. The first kappa shape index (κ1) is 10.7. The summed E-state index contributed by atoms with van der Waals surface area (Å²) in [6, 6.07) is 0.555. The summed E-state index contributed by atoms with van der Waals surface area (Å²) < 4.78 is 0. The molecule has 0 spiro atoms. The first-order valence-electron chi connectivity index (χ1n) is 5.93. The fraction of sp³-hybridized carbons (Fsp3) is 0.909. The maximum absolute atomic E-state index is 10.9. The normalized spacial score (nSPS) is 34.5. The van der Waals surface area contributed by atoms with Crippen molar-refractivity contribution in [3.05, 3.63) is 0 Å². The number of nitrogens with one attached hydrogen (secondary N) is 1. The van der Waals surface area contributed by atoms with E-state index in [9.17, 15) is 4.79 Å². The van der Waals surface area contributed by atoms with Crippen LogP contribution in [0.15, 0.2) is 0 Å². The molecule has 3 atom stereocenters. The fourth-order valence-electron chi connectivity index (χ4n) is 2.92. The van der Waals surface area contributed by atoms with Gasteiger partial charge in [0.1, 0.15) is 0 Å². The Morgan fingerprint density at radius 2 is 2.33 bits per heavy atom. The average Bonchev–Trinajstić information content (AvgIpc) is 2.74. The molecule has 0 saturated carbocycles. The van der Waals surface area contributed by atoms with E-state index >= 15 is 0 Å². The zero-order valence-electron chi connectivity index (χ0n) is 9.28. The van der Waals surface area contributed by atoms with Crippen LogP contribution in [0, 0.1) is 11.8 Å². The number of rotatable bonds is 3. The second-order valence-corrected chi connectivity index (χ2v) is 4.77. The highest BCUT2D eigenvalue weighted by atomic mass is 16.4. The van der Waals surface area contributed by atoms with Crippen molar-refractivity contribution in [2.45, 2.75) is 32.2 Å². The van der Waals surface area contributed by atoms with Crippen LogP contribution in [0.3, 0.4) is 0 Å². The van der Waals surface area contributed by atoms with Gasteiger partial charge in [0, 0.05) is 25.7 Å². The number of likely N-dealkylation sites (tertiary alicyclic amines) is 1. The summed E-state index contributed by atoms with van der Waals surface area (Å²) >= 11 is 0.